The van der Waals surface area contributed by atoms with Crippen molar-refractivity contribution in [1.82, 2.24) is 10.2 Å². The molecule has 1 unspecified atom stereocenters. The van der Waals surface area contributed by atoms with Crippen molar-refractivity contribution in [3.8, 4) is 17.2 Å². The Hall–Kier alpha value is -3.22. The first-order chi connectivity index (χ1) is 13.5. The summed E-state index contributed by atoms with van der Waals surface area (Å²) < 4.78 is 16.0. The molecule has 28 heavy (non-hydrogen) atoms. The van der Waals surface area contributed by atoms with Crippen LogP contribution in [0.5, 0.6) is 17.2 Å². The van der Waals surface area contributed by atoms with E-state index in [9.17, 15) is 9.59 Å². The van der Waals surface area contributed by atoms with E-state index in [4.69, 9.17) is 14.2 Å². The molecule has 0 aliphatic carbocycles. The van der Waals surface area contributed by atoms with Gasteiger partial charge in [-0.05, 0) is 24.6 Å². The molecular weight excluding hydrogens is 360 g/mol. The maximum absolute atomic E-state index is 13.3. The highest BCUT2D eigenvalue weighted by Gasteiger charge is 2.35. The van der Waals surface area contributed by atoms with E-state index in [1.54, 1.807) is 17.0 Å². The molecule has 0 bridgehead atoms. The molecular formula is C21H24N2O5. The van der Waals surface area contributed by atoms with Gasteiger partial charge in [-0.15, -0.1) is 0 Å². The number of carbonyl (C=O) groups is 2. The summed E-state index contributed by atoms with van der Waals surface area (Å²) >= 11 is 0. The molecule has 0 spiro atoms. The van der Waals surface area contributed by atoms with E-state index in [0.29, 0.717) is 35.9 Å². The molecule has 0 aromatic heterocycles. The number of aryl methyl sites for hydroxylation is 1. The van der Waals surface area contributed by atoms with Gasteiger partial charge >= 0.3 is 0 Å². The number of hydrogen-bond acceptors (Lipinski definition) is 5. The largest absolute Gasteiger partial charge is 0.493 e. The van der Waals surface area contributed by atoms with Crippen LogP contribution in [0.4, 0.5) is 0 Å². The van der Waals surface area contributed by atoms with E-state index in [1.165, 1.54) is 21.3 Å². The van der Waals surface area contributed by atoms with Gasteiger partial charge < -0.3 is 24.4 Å². The van der Waals surface area contributed by atoms with E-state index >= 15 is 0 Å². The van der Waals surface area contributed by atoms with Gasteiger partial charge in [-0.25, -0.2) is 0 Å². The predicted molar refractivity (Wildman–Crippen MR) is 104 cm³/mol. The fourth-order valence-corrected chi connectivity index (χ4v) is 3.43. The molecule has 2 amide bonds. The minimum Gasteiger partial charge on any atom is -0.493 e. The van der Waals surface area contributed by atoms with Gasteiger partial charge in [0.15, 0.2) is 11.5 Å². The van der Waals surface area contributed by atoms with E-state index in [0.717, 1.165) is 11.1 Å². The minimum absolute atomic E-state index is 0.197. The molecule has 0 saturated carbocycles. The Balaban J connectivity index is 2.03. The minimum atomic E-state index is -0.694. The van der Waals surface area contributed by atoms with Crippen LogP contribution in [0, 0.1) is 6.92 Å². The normalized spacial score (nSPS) is 16.4. The summed E-state index contributed by atoms with van der Waals surface area (Å²) in [4.78, 5) is 27.5. The van der Waals surface area contributed by atoms with E-state index < -0.39 is 6.04 Å². The molecule has 1 saturated heterocycles. The number of methoxy groups -OCH3 is 3. The molecule has 3 rings (SSSR count). The first kappa shape index (κ1) is 19.5. The topological polar surface area (TPSA) is 77.1 Å². The van der Waals surface area contributed by atoms with Crippen LogP contribution in [-0.2, 0) is 4.79 Å². The van der Waals surface area contributed by atoms with Crippen molar-refractivity contribution < 1.29 is 23.8 Å². The van der Waals surface area contributed by atoms with Crippen molar-refractivity contribution in [2.45, 2.75) is 13.0 Å². The van der Waals surface area contributed by atoms with Gasteiger partial charge in [-0.1, -0.05) is 29.8 Å². The van der Waals surface area contributed by atoms with Crippen LogP contribution in [0.2, 0.25) is 0 Å². The summed E-state index contributed by atoms with van der Waals surface area (Å²) in [7, 11) is 4.50. The Bertz CT molecular complexity index is 871. The van der Waals surface area contributed by atoms with Gasteiger partial charge in [0.05, 0.1) is 21.3 Å². The number of rotatable bonds is 5. The highest BCUT2D eigenvalue weighted by atomic mass is 16.5. The third-order valence-electron chi connectivity index (χ3n) is 4.74. The van der Waals surface area contributed by atoms with E-state index in [2.05, 4.69) is 5.32 Å². The van der Waals surface area contributed by atoms with Crippen LogP contribution in [0.15, 0.2) is 36.4 Å². The van der Waals surface area contributed by atoms with Crippen molar-refractivity contribution in [1.29, 1.82) is 0 Å². The van der Waals surface area contributed by atoms with Gasteiger partial charge in [-0.2, -0.15) is 0 Å². The first-order valence-electron chi connectivity index (χ1n) is 8.95. The average Bonchev–Trinajstić information content (AvgIpc) is 2.71. The number of amides is 2. The molecule has 2 aromatic rings. The molecule has 1 aliphatic rings. The number of piperazine rings is 1. The molecule has 0 radical (unpaired) electrons. The third-order valence-corrected chi connectivity index (χ3v) is 4.74. The molecule has 1 fully saturated rings. The molecule has 1 aliphatic heterocycles. The number of benzene rings is 2. The lowest BCUT2D eigenvalue weighted by molar-refractivity contribution is -0.128. The standard InChI is InChI=1S/C21H24N2O5/c1-13-6-5-7-14(10-13)18-20(24)22-8-9-23(18)21(25)15-11-16(26-2)19(28-4)17(12-15)27-3/h5-7,10-12,18H,8-9H2,1-4H3,(H,22,24). The number of hydrogen-bond donors (Lipinski definition) is 1. The molecule has 1 heterocycles. The highest BCUT2D eigenvalue weighted by Crippen LogP contribution is 2.39. The Labute approximate surface area is 164 Å². The lowest BCUT2D eigenvalue weighted by Gasteiger charge is -2.35. The summed E-state index contributed by atoms with van der Waals surface area (Å²) in [6.45, 7) is 2.76. The van der Waals surface area contributed by atoms with E-state index in [1.807, 2.05) is 31.2 Å². The summed E-state index contributed by atoms with van der Waals surface area (Å²) in [5.74, 6) is 0.712. The maximum Gasteiger partial charge on any atom is 0.255 e. The Morgan fingerprint density at radius 3 is 2.32 bits per heavy atom. The maximum atomic E-state index is 13.3. The second kappa shape index (κ2) is 8.21. The summed E-state index contributed by atoms with van der Waals surface area (Å²) in [6, 6.07) is 10.1. The fraction of sp³-hybridized carbons (Fsp3) is 0.333. The Kier molecular flexibility index (Phi) is 5.73. The second-order valence-corrected chi connectivity index (χ2v) is 6.52. The van der Waals surface area contributed by atoms with Crippen molar-refractivity contribution in [2.24, 2.45) is 0 Å². The lowest BCUT2D eigenvalue weighted by atomic mass is 9.99. The van der Waals surface area contributed by atoms with Crippen LogP contribution in [-0.4, -0.2) is 51.1 Å². The molecule has 148 valence electrons. The van der Waals surface area contributed by atoms with Gasteiger partial charge in [-0.3, -0.25) is 9.59 Å². The van der Waals surface area contributed by atoms with Crippen molar-refractivity contribution >= 4 is 11.8 Å². The molecule has 2 aromatic carbocycles. The monoisotopic (exact) mass is 384 g/mol. The zero-order valence-electron chi connectivity index (χ0n) is 16.4. The second-order valence-electron chi connectivity index (χ2n) is 6.52. The van der Waals surface area contributed by atoms with Crippen LogP contribution in [0.25, 0.3) is 0 Å². The van der Waals surface area contributed by atoms with Gasteiger partial charge in [0, 0.05) is 18.7 Å². The van der Waals surface area contributed by atoms with Gasteiger partial charge in [0.1, 0.15) is 6.04 Å². The van der Waals surface area contributed by atoms with Crippen LogP contribution in [0.3, 0.4) is 0 Å². The zero-order valence-corrected chi connectivity index (χ0v) is 16.4. The number of ether oxygens (including phenoxy) is 3. The van der Waals surface area contributed by atoms with Gasteiger partial charge in [0.25, 0.3) is 5.91 Å². The van der Waals surface area contributed by atoms with E-state index in [-0.39, 0.29) is 11.8 Å². The smallest absolute Gasteiger partial charge is 0.255 e. The average molecular weight is 384 g/mol. The molecule has 1 N–H and O–H groups in total. The van der Waals surface area contributed by atoms with Crippen LogP contribution < -0.4 is 19.5 Å². The molecule has 1 atom stereocenters. The quantitative estimate of drug-likeness (QED) is 0.856. The number of carbonyl (C=O) groups excluding carboxylic acids is 2. The molecule has 7 heteroatoms. The number of nitrogens with one attached hydrogen (secondary N) is 1. The lowest BCUT2D eigenvalue weighted by Crippen LogP contribution is -2.52. The summed E-state index contributed by atoms with van der Waals surface area (Å²) in [5, 5.41) is 2.85. The van der Waals surface area contributed by atoms with Crippen molar-refractivity contribution in [2.75, 3.05) is 34.4 Å². The SMILES string of the molecule is COc1cc(C(=O)N2CCNC(=O)C2c2cccc(C)c2)cc(OC)c1OC. The van der Waals surface area contributed by atoms with Crippen molar-refractivity contribution in [3.63, 3.8) is 0 Å². The molecule has 7 nitrogen and oxygen atoms in total. The van der Waals surface area contributed by atoms with Crippen LogP contribution >= 0.6 is 0 Å². The predicted octanol–water partition coefficient (Wildman–Crippen LogP) is 2.33. The Morgan fingerprint density at radius 1 is 1.07 bits per heavy atom. The summed E-state index contributed by atoms with van der Waals surface area (Å²) in [6.07, 6.45) is 0. The third kappa shape index (κ3) is 3.60. The Morgan fingerprint density at radius 2 is 1.75 bits per heavy atom. The number of nitrogens with zero attached hydrogens (tertiary/aromatic N) is 1. The summed E-state index contributed by atoms with van der Waals surface area (Å²) in [5.41, 5.74) is 2.16. The van der Waals surface area contributed by atoms with Crippen molar-refractivity contribution in [3.05, 3.63) is 53.1 Å². The highest BCUT2D eigenvalue weighted by molar-refractivity contribution is 5.99. The van der Waals surface area contributed by atoms with Gasteiger partial charge in [0.2, 0.25) is 11.7 Å². The zero-order chi connectivity index (χ0) is 20.3. The fourth-order valence-electron chi connectivity index (χ4n) is 3.43. The van der Waals surface area contributed by atoms with Crippen LogP contribution in [0.1, 0.15) is 27.5 Å². The first-order valence-corrected chi connectivity index (χ1v) is 8.95.